The minimum atomic E-state index is 0.746. The molecule has 0 saturated carbocycles. The fourth-order valence-corrected chi connectivity index (χ4v) is 2.37. The van der Waals surface area contributed by atoms with Crippen LogP contribution in [0.15, 0.2) is 42.7 Å². The third-order valence-electron chi connectivity index (χ3n) is 2.99. The Labute approximate surface area is 110 Å². The van der Waals surface area contributed by atoms with E-state index in [4.69, 9.17) is 12.2 Å². The highest BCUT2D eigenvalue weighted by Crippen LogP contribution is 2.17. The van der Waals surface area contributed by atoms with E-state index in [1.807, 2.05) is 12.3 Å². The number of fused-ring (bicyclic) bond motifs is 1. The van der Waals surface area contributed by atoms with Crippen molar-refractivity contribution in [3.63, 3.8) is 0 Å². The van der Waals surface area contributed by atoms with Crippen LogP contribution in [0.3, 0.4) is 0 Å². The Hall–Kier alpha value is -1.94. The molecule has 4 heteroatoms. The van der Waals surface area contributed by atoms with E-state index >= 15 is 0 Å². The molecule has 0 fully saturated rings. The zero-order chi connectivity index (χ0) is 12.5. The van der Waals surface area contributed by atoms with Crippen molar-refractivity contribution >= 4 is 23.3 Å². The maximum atomic E-state index is 5.38. The molecule has 18 heavy (non-hydrogen) atoms. The third kappa shape index (κ3) is 1.95. The Kier molecular flexibility index (Phi) is 2.72. The van der Waals surface area contributed by atoms with Crippen molar-refractivity contribution < 1.29 is 0 Å². The number of rotatable bonds is 2. The lowest BCUT2D eigenvalue weighted by atomic mass is 10.2. The van der Waals surface area contributed by atoms with Gasteiger partial charge in [0.25, 0.3) is 0 Å². The molecular weight excluding hydrogens is 242 g/mol. The number of pyridine rings is 1. The second-order valence-corrected chi connectivity index (χ2v) is 4.78. The molecule has 2 heterocycles. The molecule has 0 radical (unpaired) electrons. The van der Waals surface area contributed by atoms with Crippen molar-refractivity contribution in [3.8, 4) is 0 Å². The van der Waals surface area contributed by atoms with Crippen LogP contribution in [0.25, 0.3) is 11.0 Å². The Morgan fingerprint density at radius 3 is 3.00 bits per heavy atom. The number of hydrogen-bond donors (Lipinski definition) is 1. The van der Waals surface area contributed by atoms with Gasteiger partial charge in [0, 0.05) is 12.4 Å². The predicted molar refractivity (Wildman–Crippen MR) is 75.2 cm³/mol. The van der Waals surface area contributed by atoms with Crippen LogP contribution in [0.5, 0.6) is 0 Å². The fraction of sp³-hybridized carbons (Fsp3) is 0.143. The molecule has 0 aliphatic heterocycles. The SMILES string of the molecule is Cc1ccc2[nH]c(=S)n(Cc3cccnc3)c2c1. The zero-order valence-electron chi connectivity index (χ0n) is 10.1. The lowest BCUT2D eigenvalue weighted by Crippen LogP contribution is -1.99. The molecular formula is C14H13N3S. The van der Waals surface area contributed by atoms with Crippen molar-refractivity contribution in [1.29, 1.82) is 0 Å². The van der Waals surface area contributed by atoms with Crippen LogP contribution >= 0.6 is 12.2 Å². The van der Waals surface area contributed by atoms with Crippen molar-refractivity contribution in [2.24, 2.45) is 0 Å². The standard InChI is InChI=1S/C14H13N3S/c1-10-4-5-12-13(7-10)17(14(18)16-12)9-11-3-2-6-15-8-11/h2-8H,9H2,1H3,(H,16,18). The number of imidazole rings is 1. The smallest absolute Gasteiger partial charge is 0.178 e. The minimum absolute atomic E-state index is 0.746. The number of aryl methyl sites for hydroxylation is 1. The first-order valence-electron chi connectivity index (χ1n) is 5.82. The average molecular weight is 255 g/mol. The summed E-state index contributed by atoms with van der Waals surface area (Å²) in [6, 6.07) is 10.3. The maximum Gasteiger partial charge on any atom is 0.178 e. The zero-order valence-corrected chi connectivity index (χ0v) is 10.9. The summed E-state index contributed by atoms with van der Waals surface area (Å²) in [5.41, 5.74) is 4.60. The summed E-state index contributed by atoms with van der Waals surface area (Å²) in [6.45, 7) is 2.83. The molecule has 0 amide bonds. The van der Waals surface area contributed by atoms with Crippen LogP contribution in [0.1, 0.15) is 11.1 Å². The molecule has 0 spiro atoms. The van der Waals surface area contributed by atoms with Crippen LogP contribution in [0, 0.1) is 11.7 Å². The van der Waals surface area contributed by atoms with Crippen LogP contribution in [-0.2, 0) is 6.54 Å². The molecule has 1 N–H and O–H groups in total. The van der Waals surface area contributed by atoms with E-state index in [9.17, 15) is 0 Å². The molecule has 90 valence electrons. The maximum absolute atomic E-state index is 5.38. The summed E-state index contributed by atoms with van der Waals surface area (Å²) in [4.78, 5) is 7.37. The summed E-state index contributed by atoms with van der Waals surface area (Å²) in [7, 11) is 0. The van der Waals surface area contributed by atoms with Crippen LogP contribution in [0.2, 0.25) is 0 Å². The van der Waals surface area contributed by atoms with E-state index in [-0.39, 0.29) is 0 Å². The Morgan fingerprint density at radius 1 is 1.33 bits per heavy atom. The number of benzene rings is 1. The molecule has 1 aromatic carbocycles. The molecule has 3 nitrogen and oxygen atoms in total. The molecule has 0 bridgehead atoms. The summed E-state index contributed by atoms with van der Waals surface area (Å²) in [5, 5.41) is 0. The molecule has 3 rings (SSSR count). The average Bonchev–Trinajstić information content (AvgIpc) is 2.67. The molecule has 2 aromatic heterocycles. The number of hydrogen-bond acceptors (Lipinski definition) is 2. The Morgan fingerprint density at radius 2 is 2.22 bits per heavy atom. The molecule has 0 saturated heterocycles. The van der Waals surface area contributed by atoms with Gasteiger partial charge in [-0.25, -0.2) is 0 Å². The number of aromatic amines is 1. The first-order valence-corrected chi connectivity index (χ1v) is 6.23. The first kappa shape index (κ1) is 11.2. The van der Waals surface area contributed by atoms with Gasteiger partial charge in [0.1, 0.15) is 0 Å². The molecule has 3 aromatic rings. The number of nitrogens with one attached hydrogen (secondary N) is 1. The van der Waals surface area contributed by atoms with Crippen molar-refractivity contribution in [2.45, 2.75) is 13.5 Å². The highest BCUT2D eigenvalue weighted by molar-refractivity contribution is 7.71. The lowest BCUT2D eigenvalue weighted by Gasteiger charge is -2.04. The fourth-order valence-electron chi connectivity index (χ4n) is 2.09. The summed E-state index contributed by atoms with van der Waals surface area (Å²) >= 11 is 5.38. The predicted octanol–water partition coefficient (Wildman–Crippen LogP) is 3.45. The van der Waals surface area contributed by atoms with Gasteiger partial charge in [0.2, 0.25) is 0 Å². The van der Waals surface area contributed by atoms with Crippen LogP contribution < -0.4 is 0 Å². The van der Waals surface area contributed by atoms with Gasteiger partial charge < -0.3 is 9.55 Å². The van der Waals surface area contributed by atoms with Crippen LogP contribution in [0.4, 0.5) is 0 Å². The molecule has 0 atom stereocenters. The van der Waals surface area contributed by atoms with E-state index in [1.54, 1.807) is 6.20 Å². The quantitative estimate of drug-likeness (QED) is 0.712. The number of H-pyrrole nitrogens is 1. The van der Waals surface area contributed by atoms with Gasteiger partial charge in [-0.3, -0.25) is 4.98 Å². The highest BCUT2D eigenvalue weighted by atomic mass is 32.1. The summed E-state index contributed by atoms with van der Waals surface area (Å²) < 4.78 is 2.86. The topological polar surface area (TPSA) is 33.6 Å². The molecule has 0 unspecified atom stereocenters. The Bertz CT molecular complexity index is 741. The van der Waals surface area contributed by atoms with Crippen molar-refractivity contribution in [3.05, 3.63) is 58.6 Å². The second-order valence-electron chi connectivity index (χ2n) is 4.40. The van der Waals surface area contributed by atoms with Crippen molar-refractivity contribution in [2.75, 3.05) is 0 Å². The van der Waals surface area contributed by atoms with E-state index in [0.29, 0.717) is 0 Å². The van der Waals surface area contributed by atoms with Gasteiger partial charge in [-0.15, -0.1) is 0 Å². The summed E-state index contributed by atoms with van der Waals surface area (Å²) in [6.07, 6.45) is 3.65. The van der Waals surface area contributed by atoms with E-state index < -0.39 is 0 Å². The van der Waals surface area contributed by atoms with E-state index in [2.05, 4.69) is 45.7 Å². The second kappa shape index (κ2) is 4.38. The van der Waals surface area contributed by atoms with E-state index in [0.717, 1.165) is 27.9 Å². The first-order chi connectivity index (χ1) is 8.74. The van der Waals surface area contributed by atoms with Gasteiger partial charge in [0.05, 0.1) is 17.6 Å². The number of aromatic nitrogens is 3. The normalized spacial score (nSPS) is 10.9. The van der Waals surface area contributed by atoms with Gasteiger partial charge in [-0.2, -0.15) is 0 Å². The minimum Gasteiger partial charge on any atom is -0.331 e. The molecule has 0 aliphatic rings. The van der Waals surface area contributed by atoms with Crippen molar-refractivity contribution in [1.82, 2.24) is 14.5 Å². The monoisotopic (exact) mass is 255 g/mol. The van der Waals surface area contributed by atoms with Gasteiger partial charge in [0.15, 0.2) is 4.77 Å². The Balaban J connectivity index is 2.14. The van der Waals surface area contributed by atoms with E-state index in [1.165, 1.54) is 5.56 Å². The number of nitrogens with zero attached hydrogens (tertiary/aromatic N) is 2. The highest BCUT2D eigenvalue weighted by Gasteiger charge is 2.05. The van der Waals surface area contributed by atoms with Crippen LogP contribution in [-0.4, -0.2) is 14.5 Å². The summed E-state index contributed by atoms with van der Waals surface area (Å²) in [5.74, 6) is 0. The van der Waals surface area contributed by atoms with Gasteiger partial charge in [-0.05, 0) is 48.5 Å². The van der Waals surface area contributed by atoms with Gasteiger partial charge in [-0.1, -0.05) is 12.1 Å². The molecule has 0 aliphatic carbocycles. The van der Waals surface area contributed by atoms with Gasteiger partial charge >= 0.3 is 0 Å². The third-order valence-corrected chi connectivity index (χ3v) is 3.32. The largest absolute Gasteiger partial charge is 0.331 e. The lowest BCUT2D eigenvalue weighted by molar-refractivity contribution is 0.806.